The van der Waals surface area contributed by atoms with Gasteiger partial charge in [-0.25, -0.2) is 0 Å². The summed E-state index contributed by atoms with van der Waals surface area (Å²) >= 11 is 5.87. The highest BCUT2D eigenvalue weighted by molar-refractivity contribution is 6.32. The van der Waals surface area contributed by atoms with Gasteiger partial charge in [0, 0.05) is 13.0 Å². The number of rotatable bonds is 6. The molecule has 1 rings (SSSR count). The molecule has 0 saturated carbocycles. The predicted octanol–water partition coefficient (Wildman–Crippen LogP) is 2.88. The molecule has 0 unspecified atom stereocenters. The van der Waals surface area contributed by atoms with Crippen LogP contribution in [0.15, 0.2) is 18.2 Å². The van der Waals surface area contributed by atoms with Gasteiger partial charge in [0.15, 0.2) is 0 Å². The molecular weight excluding hydrogens is 240 g/mol. The highest BCUT2D eigenvalue weighted by Crippen LogP contribution is 2.23. The SMILES string of the molecule is N#Cc1c(Cl)cccc1NCCCCC(=O)O. The maximum atomic E-state index is 10.3. The van der Waals surface area contributed by atoms with Crippen molar-refractivity contribution in [3.8, 4) is 6.07 Å². The van der Waals surface area contributed by atoms with Crippen LogP contribution in [0, 0.1) is 11.3 Å². The Bertz CT molecular complexity index is 441. The van der Waals surface area contributed by atoms with E-state index in [1.165, 1.54) is 0 Å². The van der Waals surface area contributed by atoms with Gasteiger partial charge in [-0.3, -0.25) is 4.79 Å². The van der Waals surface area contributed by atoms with Crippen molar-refractivity contribution in [1.29, 1.82) is 5.26 Å². The molecule has 0 amide bonds. The number of benzene rings is 1. The molecule has 0 aliphatic carbocycles. The molecule has 90 valence electrons. The van der Waals surface area contributed by atoms with Crippen LogP contribution in [-0.2, 0) is 4.79 Å². The highest BCUT2D eigenvalue weighted by Gasteiger charge is 2.05. The molecule has 2 N–H and O–H groups in total. The molecule has 1 aromatic carbocycles. The molecule has 0 heterocycles. The lowest BCUT2D eigenvalue weighted by atomic mass is 10.2. The van der Waals surface area contributed by atoms with Crippen molar-refractivity contribution < 1.29 is 9.90 Å². The number of nitrogens with one attached hydrogen (secondary N) is 1. The molecule has 0 aliphatic heterocycles. The van der Waals surface area contributed by atoms with Crippen molar-refractivity contribution in [1.82, 2.24) is 0 Å². The smallest absolute Gasteiger partial charge is 0.303 e. The van der Waals surface area contributed by atoms with Crippen LogP contribution in [0.5, 0.6) is 0 Å². The number of carbonyl (C=O) groups is 1. The minimum Gasteiger partial charge on any atom is -0.481 e. The summed E-state index contributed by atoms with van der Waals surface area (Å²) < 4.78 is 0. The Hall–Kier alpha value is -1.73. The first-order valence-electron chi connectivity index (χ1n) is 5.29. The molecule has 1 aromatic rings. The zero-order chi connectivity index (χ0) is 12.7. The van der Waals surface area contributed by atoms with E-state index in [0.717, 1.165) is 6.42 Å². The van der Waals surface area contributed by atoms with Crippen molar-refractivity contribution >= 4 is 23.3 Å². The molecular formula is C12H13ClN2O2. The van der Waals surface area contributed by atoms with Crippen LogP contribution in [0.1, 0.15) is 24.8 Å². The van der Waals surface area contributed by atoms with E-state index in [-0.39, 0.29) is 6.42 Å². The van der Waals surface area contributed by atoms with Crippen molar-refractivity contribution in [2.75, 3.05) is 11.9 Å². The van der Waals surface area contributed by atoms with Gasteiger partial charge in [0.05, 0.1) is 16.3 Å². The fourth-order valence-electron chi connectivity index (χ4n) is 1.41. The normalized spacial score (nSPS) is 9.65. The van der Waals surface area contributed by atoms with Gasteiger partial charge in [-0.2, -0.15) is 5.26 Å². The van der Waals surface area contributed by atoms with Crippen LogP contribution in [-0.4, -0.2) is 17.6 Å². The summed E-state index contributed by atoms with van der Waals surface area (Å²) in [5.74, 6) is -0.787. The third-order valence-electron chi connectivity index (χ3n) is 2.26. The Morgan fingerprint density at radius 1 is 1.47 bits per heavy atom. The second kappa shape index (κ2) is 6.77. The summed E-state index contributed by atoms with van der Waals surface area (Å²) in [4.78, 5) is 10.3. The molecule has 0 aromatic heterocycles. The number of unbranched alkanes of at least 4 members (excludes halogenated alkanes) is 1. The molecule has 0 radical (unpaired) electrons. The monoisotopic (exact) mass is 252 g/mol. The molecule has 5 heteroatoms. The minimum absolute atomic E-state index is 0.169. The lowest BCUT2D eigenvalue weighted by molar-refractivity contribution is -0.137. The quantitative estimate of drug-likeness (QED) is 0.764. The van der Waals surface area contributed by atoms with Crippen LogP contribution >= 0.6 is 11.6 Å². The maximum absolute atomic E-state index is 10.3. The van der Waals surface area contributed by atoms with Crippen LogP contribution < -0.4 is 5.32 Å². The molecule has 0 saturated heterocycles. The Labute approximate surface area is 105 Å². The maximum Gasteiger partial charge on any atom is 0.303 e. The van der Waals surface area contributed by atoms with E-state index in [9.17, 15) is 4.79 Å². The predicted molar refractivity (Wildman–Crippen MR) is 66.1 cm³/mol. The first-order valence-corrected chi connectivity index (χ1v) is 5.67. The molecule has 4 nitrogen and oxygen atoms in total. The summed E-state index contributed by atoms with van der Waals surface area (Å²) in [5, 5.41) is 20.9. The summed E-state index contributed by atoms with van der Waals surface area (Å²) in [6.45, 7) is 0.627. The van der Waals surface area contributed by atoms with E-state index < -0.39 is 5.97 Å². The van der Waals surface area contributed by atoms with Crippen LogP contribution in [0.2, 0.25) is 5.02 Å². The minimum atomic E-state index is -0.787. The fraction of sp³-hybridized carbons (Fsp3) is 0.333. The Morgan fingerprint density at radius 3 is 2.88 bits per heavy atom. The second-order valence-corrected chi connectivity index (χ2v) is 3.96. The average molecular weight is 253 g/mol. The zero-order valence-corrected chi connectivity index (χ0v) is 10.00. The van der Waals surface area contributed by atoms with E-state index in [1.807, 2.05) is 6.07 Å². The van der Waals surface area contributed by atoms with Crippen LogP contribution in [0.25, 0.3) is 0 Å². The summed E-state index contributed by atoms with van der Waals surface area (Å²) in [5.41, 5.74) is 1.11. The molecule has 0 atom stereocenters. The van der Waals surface area contributed by atoms with E-state index in [1.54, 1.807) is 18.2 Å². The highest BCUT2D eigenvalue weighted by atomic mass is 35.5. The Morgan fingerprint density at radius 2 is 2.24 bits per heavy atom. The largest absolute Gasteiger partial charge is 0.481 e. The van der Waals surface area contributed by atoms with Crippen molar-refractivity contribution in [3.63, 3.8) is 0 Å². The average Bonchev–Trinajstić information content (AvgIpc) is 2.28. The topological polar surface area (TPSA) is 73.1 Å². The lowest BCUT2D eigenvalue weighted by Crippen LogP contribution is -2.04. The van der Waals surface area contributed by atoms with Gasteiger partial charge in [-0.1, -0.05) is 17.7 Å². The van der Waals surface area contributed by atoms with Gasteiger partial charge < -0.3 is 10.4 Å². The van der Waals surface area contributed by atoms with Crippen LogP contribution in [0.3, 0.4) is 0 Å². The number of anilines is 1. The number of nitriles is 1. The second-order valence-electron chi connectivity index (χ2n) is 3.55. The Kier molecular flexibility index (Phi) is 5.31. The number of hydrogen-bond donors (Lipinski definition) is 2. The summed E-state index contributed by atoms with van der Waals surface area (Å²) in [7, 11) is 0. The number of nitrogens with zero attached hydrogens (tertiary/aromatic N) is 1. The number of hydrogen-bond acceptors (Lipinski definition) is 3. The van der Waals surface area contributed by atoms with Crippen molar-refractivity contribution in [2.24, 2.45) is 0 Å². The summed E-state index contributed by atoms with van der Waals surface area (Å²) in [6.07, 6.45) is 1.52. The van der Waals surface area contributed by atoms with E-state index in [2.05, 4.69) is 5.32 Å². The molecule has 17 heavy (non-hydrogen) atoms. The molecule has 0 aliphatic rings. The van der Waals surface area contributed by atoms with Gasteiger partial charge >= 0.3 is 5.97 Å². The van der Waals surface area contributed by atoms with E-state index in [0.29, 0.717) is 29.2 Å². The van der Waals surface area contributed by atoms with Gasteiger partial charge in [-0.15, -0.1) is 0 Å². The summed E-state index contributed by atoms with van der Waals surface area (Å²) in [6, 6.07) is 7.24. The van der Waals surface area contributed by atoms with Gasteiger partial charge in [-0.05, 0) is 25.0 Å². The molecule has 0 bridgehead atoms. The van der Waals surface area contributed by atoms with Gasteiger partial charge in [0.25, 0.3) is 0 Å². The van der Waals surface area contributed by atoms with Crippen molar-refractivity contribution in [2.45, 2.75) is 19.3 Å². The number of carboxylic acid groups (broad SMARTS) is 1. The van der Waals surface area contributed by atoms with Crippen molar-refractivity contribution in [3.05, 3.63) is 28.8 Å². The van der Waals surface area contributed by atoms with E-state index in [4.69, 9.17) is 22.0 Å². The number of aliphatic carboxylic acids is 1. The van der Waals surface area contributed by atoms with Gasteiger partial charge in [0.1, 0.15) is 6.07 Å². The molecule has 0 fully saturated rings. The zero-order valence-electron chi connectivity index (χ0n) is 9.24. The standard InChI is InChI=1S/C12H13ClN2O2/c13-10-4-3-5-11(9(10)8-14)15-7-2-1-6-12(16)17/h3-5,15H,1-2,6-7H2,(H,16,17). The first kappa shape index (κ1) is 13.3. The number of halogens is 1. The third kappa shape index (κ3) is 4.33. The fourth-order valence-corrected chi connectivity index (χ4v) is 1.63. The molecule has 0 spiro atoms. The Balaban J connectivity index is 2.45. The lowest BCUT2D eigenvalue weighted by Gasteiger charge is -2.08. The van der Waals surface area contributed by atoms with Gasteiger partial charge in [0.2, 0.25) is 0 Å². The third-order valence-corrected chi connectivity index (χ3v) is 2.57. The van der Waals surface area contributed by atoms with E-state index >= 15 is 0 Å². The number of carboxylic acids is 1. The first-order chi connectivity index (χ1) is 8.15. The van der Waals surface area contributed by atoms with Crippen LogP contribution in [0.4, 0.5) is 5.69 Å².